The molecule has 0 aromatic carbocycles. The van der Waals surface area contributed by atoms with Gasteiger partial charge in [-0.3, -0.25) is 15.3 Å². The number of hydrogen-bond donors (Lipinski definition) is 2. The van der Waals surface area contributed by atoms with Crippen LogP contribution in [0.3, 0.4) is 0 Å². The lowest BCUT2D eigenvalue weighted by Crippen LogP contribution is -2.32. The number of amides is 2. The van der Waals surface area contributed by atoms with Gasteiger partial charge in [-0.1, -0.05) is 0 Å². The summed E-state index contributed by atoms with van der Waals surface area (Å²) in [7, 11) is 0. The van der Waals surface area contributed by atoms with E-state index in [1.54, 1.807) is 0 Å². The van der Waals surface area contributed by atoms with Crippen LogP contribution in [0.15, 0.2) is 0 Å². The third-order valence-electron chi connectivity index (χ3n) is 1.04. The molecule has 0 saturated heterocycles. The molecule has 0 heterocycles. The van der Waals surface area contributed by atoms with Crippen LogP contribution in [0.1, 0.15) is 12.8 Å². The van der Waals surface area contributed by atoms with Gasteiger partial charge in [0, 0.05) is 6.42 Å². The molecule has 0 rings (SSSR count). The van der Waals surface area contributed by atoms with E-state index in [2.05, 4.69) is 0 Å². The van der Waals surface area contributed by atoms with Gasteiger partial charge < -0.3 is 11.5 Å². The summed E-state index contributed by atoms with van der Waals surface area (Å²) < 4.78 is 0. The van der Waals surface area contributed by atoms with Crippen LogP contribution < -0.4 is 17.2 Å². The molecule has 0 fully saturated rings. The zero-order valence-electron chi connectivity index (χ0n) is 5.46. The van der Waals surface area contributed by atoms with Crippen LogP contribution in [0, 0.1) is 0 Å². The van der Waals surface area contributed by atoms with E-state index in [1.165, 1.54) is 0 Å². The summed E-state index contributed by atoms with van der Waals surface area (Å²) in [6, 6.07) is -0.868. The summed E-state index contributed by atoms with van der Waals surface area (Å²) >= 11 is 0. The van der Waals surface area contributed by atoms with Crippen LogP contribution in [0.5, 0.6) is 0 Å². The van der Waals surface area contributed by atoms with E-state index >= 15 is 0 Å². The van der Waals surface area contributed by atoms with Crippen molar-refractivity contribution in [2.75, 3.05) is 0 Å². The van der Waals surface area contributed by atoms with Gasteiger partial charge in [-0.05, 0) is 6.42 Å². The van der Waals surface area contributed by atoms with Gasteiger partial charge in [0.05, 0.1) is 6.04 Å². The van der Waals surface area contributed by atoms with Crippen LogP contribution in [-0.2, 0) is 9.59 Å². The van der Waals surface area contributed by atoms with Crippen molar-refractivity contribution in [3.8, 4) is 0 Å². The fourth-order valence-corrected chi connectivity index (χ4v) is 0.429. The minimum absolute atomic E-state index is 0.0613. The lowest BCUT2D eigenvalue weighted by molar-refractivity contribution is -0.120. The summed E-state index contributed by atoms with van der Waals surface area (Å²) in [6.45, 7) is 0. The van der Waals surface area contributed by atoms with Crippen LogP contribution in [0.25, 0.3) is 0 Å². The Morgan fingerprint density at radius 2 is 2.00 bits per heavy atom. The Bertz CT molecular complexity index is 146. The number of primary amides is 1. The molecule has 0 spiro atoms. The van der Waals surface area contributed by atoms with Crippen LogP contribution >= 0.6 is 0 Å². The van der Waals surface area contributed by atoms with E-state index in [0.717, 1.165) is 0 Å². The topological polar surface area (TPSA) is 110 Å². The van der Waals surface area contributed by atoms with Crippen molar-refractivity contribution in [3.63, 3.8) is 0 Å². The molecule has 1 radical (unpaired) electrons. The Kier molecular flexibility index (Phi) is 3.42. The Morgan fingerprint density at radius 3 is 2.30 bits per heavy atom. The molecule has 0 aromatic heterocycles. The van der Waals surface area contributed by atoms with E-state index < -0.39 is 17.9 Å². The highest BCUT2D eigenvalue weighted by Crippen LogP contribution is 1.92. The maximum absolute atomic E-state index is 10.1. The number of rotatable bonds is 4. The second kappa shape index (κ2) is 3.84. The molecule has 5 nitrogen and oxygen atoms in total. The lowest BCUT2D eigenvalue weighted by atomic mass is 10.1. The standard InChI is InChI=1S/C5H10N3O2/c6-3(5(8)10)1-2-4(7)9/h3,8H,1-2,6H2,(H2,7,9)/t3-/m1/s1. The molecule has 1 atom stereocenters. The van der Waals surface area contributed by atoms with Gasteiger partial charge in [0.2, 0.25) is 5.91 Å². The van der Waals surface area contributed by atoms with Gasteiger partial charge in [0.25, 0.3) is 5.91 Å². The molecule has 5 N–H and O–H groups in total. The molecule has 0 bridgehead atoms. The smallest absolute Gasteiger partial charge is 0.255 e. The minimum atomic E-state index is -0.868. The van der Waals surface area contributed by atoms with Gasteiger partial charge in [-0.2, -0.15) is 0 Å². The van der Waals surface area contributed by atoms with E-state index in [9.17, 15) is 9.59 Å². The average Bonchev–Trinajstić information content (AvgIpc) is 1.82. The highest BCUT2D eigenvalue weighted by Gasteiger charge is 2.10. The van der Waals surface area contributed by atoms with Crippen LogP contribution in [-0.4, -0.2) is 17.9 Å². The monoisotopic (exact) mass is 144 g/mol. The van der Waals surface area contributed by atoms with Crippen molar-refractivity contribution in [1.29, 1.82) is 0 Å². The predicted octanol–water partition coefficient (Wildman–Crippen LogP) is -1.61. The largest absolute Gasteiger partial charge is 0.370 e. The van der Waals surface area contributed by atoms with Crippen LogP contribution in [0.4, 0.5) is 0 Å². The van der Waals surface area contributed by atoms with Gasteiger partial charge >= 0.3 is 0 Å². The summed E-state index contributed by atoms with van der Waals surface area (Å²) in [5.41, 5.74) is 16.4. The first-order valence-electron chi connectivity index (χ1n) is 2.83. The first-order valence-corrected chi connectivity index (χ1v) is 2.83. The molecule has 0 unspecified atom stereocenters. The third-order valence-corrected chi connectivity index (χ3v) is 1.04. The fraction of sp³-hybridized carbons (Fsp3) is 0.600. The summed E-state index contributed by atoms with van der Waals surface area (Å²) in [4.78, 5) is 20.3. The molecule has 0 saturated carbocycles. The number of hydrogen-bond acceptors (Lipinski definition) is 3. The second-order valence-electron chi connectivity index (χ2n) is 1.98. The molecule has 0 aromatic rings. The van der Waals surface area contributed by atoms with E-state index in [0.29, 0.717) is 0 Å². The Hall–Kier alpha value is -1.10. The summed E-state index contributed by atoms with van der Waals surface area (Å²) in [5, 5.41) is 0. The highest BCUT2D eigenvalue weighted by atomic mass is 16.1. The van der Waals surface area contributed by atoms with Crippen molar-refractivity contribution in [2.24, 2.45) is 11.5 Å². The molecule has 0 aliphatic carbocycles. The molecule has 2 amide bonds. The molecular formula is C5H10N3O2. The maximum Gasteiger partial charge on any atom is 0.255 e. The van der Waals surface area contributed by atoms with E-state index in [1.807, 2.05) is 0 Å². The summed E-state index contributed by atoms with van der Waals surface area (Å²) in [5.74, 6) is -1.36. The quantitative estimate of drug-likeness (QED) is 0.495. The number of nitrogens with one attached hydrogen (secondary N) is 1. The van der Waals surface area contributed by atoms with Gasteiger partial charge in [-0.15, -0.1) is 0 Å². The molecule has 0 aliphatic heterocycles. The number of carbonyl (C=O) groups is 2. The zero-order valence-corrected chi connectivity index (χ0v) is 5.46. The average molecular weight is 144 g/mol. The molecule has 10 heavy (non-hydrogen) atoms. The first-order chi connectivity index (χ1) is 4.54. The van der Waals surface area contributed by atoms with E-state index in [-0.39, 0.29) is 12.8 Å². The first kappa shape index (κ1) is 8.90. The fourth-order valence-electron chi connectivity index (χ4n) is 0.429. The minimum Gasteiger partial charge on any atom is -0.370 e. The second-order valence-corrected chi connectivity index (χ2v) is 1.98. The van der Waals surface area contributed by atoms with E-state index in [4.69, 9.17) is 17.2 Å². The molecule has 0 aliphatic rings. The Morgan fingerprint density at radius 1 is 1.50 bits per heavy atom. The SMILES string of the molecule is [NH]C(=O)[C@H](N)CCC(N)=O. The van der Waals surface area contributed by atoms with Gasteiger partial charge in [-0.25, -0.2) is 0 Å². The Labute approximate surface area is 58.5 Å². The van der Waals surface area contributed by atoms with Crippen molar-refractivity contribution in [1.82, 2.24) is 5.73 Å². The molecular weight excluding hydrogens is 134 g/mol. The Balaban J connectivity index is 3.49. The highest BCUT2D eigenvalue weighted by molar-refractivity contribution is 5.80. The van der Waals surface area contributed by atoms with Gasteiger partial charge in [0.15, 0.2) is 0 Å². The van der Waals surface area contributed by atoms with Crippen molar-refractivity contribution < 1.29 is 9.59 Å². The van der Waals surface area contributed by atoms with Crippen LogP contribution in [0.2, 0.25) is 0 Å². The van der Waals surface area contributed by atoms with Crippen molar-refractivity contribution >= 4 is 11.8 Å². The normalized spacial score (nSPS) is 12.5. The molecule has 5 heteroatoms. The zero-order chi connectivity index (χ0) is 8.15. The number of carbonyl (C=O) groups excluding carboxylic acids is 2. The van der Waals surface area contributed by atoms with Crippen molar-refractivity contribution in [2.45, 2.75) is 18.9 Å². The number of nitrogens with two attached hydrogens (primary N) is 2. The van der Waals surface area contributed by atoms with Gasteiger partial charge in [0.1, 0.15) is 0 Å². The summed E-state index contributed by atoms with van der Waals surface area (Å²) in [6.07, 6.45) is 0.226. The predicted molar refractivity (Wildman–Crippen MR) is 34.5 cm³/mol. The maximum atomic E-state index is 10.1. The lowest BCUT2D eigenvalue weighted by Gasteiger charge is -2.02. The molecule has 57 valence electrons. The third kappa shape index (κ3) is 3.85. The van der Waals surface area contributed by atoms with Crippen molar-refractivity contribution in [3.05, 3.63) is 0 Å².